The van der Waals surface area contributed by atoms with E-state index in [2.05, 4.69) is 0 Å². The van der Waals surface area contributed by atoms with Crippen LogP contribution in [-0.2, 0) is 0 Å². The maximum Gasteiger partial charge on any atom is 0.239 e. The van der Waals surface area contributed by atoms with E-state index >= 15 is 0 Å². The molecule has 1 radical (unpaired) electrons. The van der Waals surface area contributed by atoms with Crippen LogP contribution in [0.25, 0.3) is 0 Å². The maximum atomic E-state index is 11.9. The van der Waals surface area contributed by atoms with Crippen LogP contribution in [0, 0.1) is 6.42 Å². The number of benzene rings is 1. The molecule has 0 fully saturated rings. The van der Waals surface area contributed by atoms with Crippen LogP contribution in [0.3, 0.4) is 0 Å². The van der Waals surface area contributed by atoms with Crippen molar-refractivity contribution >= 4 is 11.6 Å². The van der Waals surface area contributed by atoms with Crippen molar-refractivity contribution in [2.24, 2.45) is 0 Å². The molecule has 1 aromatic rings. The molecular formula is C11H12ClF2O. The van der Waals surface area contributed by atoms with E-state index in [-0.39, 0.29) is 12.5 Å². The van der Waals surface area contributed by atoms with Crippen LogP contribution in [0.4, 0.5) is 8.78 Å². The van der Waals surface area contributed by atoms with Crippen molar-refractivity contribution in [1.82, 2.24) is 0 Å². The summed E-state index contributed by atoms with van der Waals surface area (Å²) in [4.78, 5) is 0. The fraction of sp³-hybridized carbons (Fsp3) is 0.364. The van der Waals surface area contributed by atoms with Crippen molar-refractivity contribution in [3.8, 4) is 5.75 Å². The number of hydrogen-bond acceptors (Lipinski definition) is 1. The number of ether oxygens (including phenoxy) is 1. The molecule has 0 aliphatic heterocycles. The van der Waals surface area contributed by atoms with E-state index in [1.165, 1.54) is 6.42 Å². The molecule has 15 heavy (non-hydrogen) atoms. The molecule has 0 amide bonds. The zero-order valence-electron chi connectivity index (χ0n) is 8.29. The summed E-state index contributed by atoms with van der Waals surface area (Å²) in [6.07, 6.45) is -1.55. The van der Waals surface area contributed by atoms with E-state index in [9.17, 15) is 8.78 Å². The zero-order valence-corrected chi connectivity index (χ0v) is 9.05. The molecule has 0 bridgehead atoms. The van der Waals surface area contributed by atoms with Gasteiger partial charge in [-0.3, -0.25) is 0 Å². The number of para-hydroxylation sites is 1. The average Bonchev–Trinajstić information content (AvgIpc) is 2.18. The Balaban J connectivity index is 2.44. The van der Waals surface area contributed by atoms with E-state index in [1.54, 1.807) is 31.2 Å². The molecule has 0 heterocycles. The summed E-state index contributed by atoms with van der Waals surface area (Å²) in [7, 11) is 0. The highest BCUT2D eigenvalue weighted by Crippen LogP contribution is 2.25. The number of halogens is 3. The van der Waals surface area contributed by atoms with Gasteiger partial charge in [-0.1, -0.05) is 23.7 Å². The fourth-order valence-corrected chi connectivity index (χ4v) is 1.26. The molecule has 0 saturated carbocycles. The first kappa shape index (κ1) is 12.2. The first-order valence-corrected chi connectivity index (χ1v) is 5.00. The molecule has 83 valence electrons. The Morgan fingerprint density at radius 1 is 1.40 bits per heavy atom. The van der Waals surface area contributed by atoms with Crippen LogP contribution in [0.1, 0.15) is 13.3 Å². The molecule has 1 nitrogen and oxygen atoms in total. The van der Waals surface area contributed by atoms with Gasteiger partial charge in [0, 0.05) is 12.8 Å². The van der Waals surface area contributed by atoms with E-state index in [1.807, 2.05) is 0 Å². The van der Waals surface area contributed by atoms with Gasteiger partial charge >= 0.3 is 0 Å². The van der Waals surface area contributed by atoms with Gasteiger partial charge in [0.05, 0.1) is 11.1 Å². The molecule has 0 spiro atoms. The second-order valence-corrected chi connectivity index (χ2v) is 3.52. The summed E-state index contributed by atoms with van der Waals surface area (Å²) in [6.45, 7) is 1.70. The Hall–Kier alpha value is -0.830. The van der Waals surface area contributed by atoms with Crippen LogP contribution < -0.4 is 4.74 Å². The summed E-state index contributed by atoms with van der Waals surface area (Å²) < 4.78 is 29.2. The third kappa shape index (κ3) is 4.47. The molecular weight excluding hydrogens is 222 g/mol. The molecule has 0 N–H and O–H groups in total. The van der Waals surface area contributed by atoms with Crippen molar-refractivity contribution < 1.29 is 13.5 Å². The Morgan fingerprint density at radius 2 is 2.07 bits per heavy atom. The molecule has 1 unspecified atom stereocenters. The fourth-order valence-electron chi connectivity index (χ4n) is 1.08. The second-order valence-electron chi connectivity index (χ2n) is 3.12. The predicted octanol–water partition coefficient (Wildman–Crippen LogP) is 3.97. The monoisotopic (exact) mass is 233 g/mol. The lowest BCUT2D eigenvalue weighted by molar-refractivity contribution is 0.135. The summed E-state index contributed by atoms with van der Waals surface area (Å²) in [5, 5.41) is 0.481. The van der Waals surface area contributed by atoms with Crippen molar-refractivity contribution in [2.45, 2.75) is 25.9 Å². The van der Waals surface area contributed by atoms with Crippen LogP contribution in [-0.4, -0.2) is 12.5 Å². The SMILES string of the molecule is CC([CH]CC(F)F)Oc1ccccc1Cl. The van der Waals surface area contributed by atoms with Crippen LogP contribution >= 0.6 is 11.6 Å². The normalized spacial score (nSPS) is 12.9. The first-order chi connectivity index (χ1) is 7.09. The summed E-state index contributed by atoms with van der Waals surface area (Å²) in [6, 6.07) is 6.95. The Morgan fingerprint density at radius 3 is 2.67 bits per heavy atom. The lowest BCUT2D eigenvalue weighted by Crippen LogP contribution is -2.14. The molecule has 1 aromatic carbocycles. The molecule has 0 aliphatic rings. The second kappa shape index (κ2) is 5.91. The van der Waals surface area contributed by atoms with Gasteiger partial charge in [-0.25, -0.2) is 8.78 Å². The van der Waals surface area contributed by atoms with Crippen molar-refractivity contribution in [3.05, 3.63) is 35.7 Å². The highest BCUT2D eigenvalue weighted by molar-refractivity contribution is 6.32. The quantitative estimate of drug-likeness (QED) is 0.748. The number of rotatable bonds is 5. The largest absolute Gasteiger partial charge is 0.489 e. The van der Waals surface area contributed by atoms with Crippen molar-refractivity contribution in [1.29, 1.82) is 0 Å². The minimum absolute atomic E-state index is 0.272. The summed E-state index contributed by atoms with van der Waals surface area (Å²) >= 11 is 5.84. The van der Waals surface area contributed by atoms with Gasteiger partial charge in [0.25, 0.3) is 0 Å². The Bertz CT molecular complexity index is 304. The smallest absolute Gasteiger partial charge is 0.239 e. The Kier molecular flexibility index (Phi) is 4.82. The van der Waals surface area contributed by atoms with Gasteiger partial charge in [-0.15, -0.1) is 0 Å². The van der Waals surface area contributed by atoms with Gasteiger partial charge in [-0.2, -0.15) is 0 Å². The van der Waals surface area contributed by atoms with Crippen molar-refractivity contribution in [2.75, 3.05) is 0 Å². The maximum absolute atomic E-state index is 11.9. The van der Waals surface area contributed by atoms with Gasteiger partial charge < -0.3 is 4.74 Å². The first-order valence-electron chi connectivity index (χ1n) is 4.62. The van der Waals surface area contributed by atoms with E-state index in [4.69, 9.17) is 16.3 Å². The molecule has 1 atom stereocenters. The predicted molar refractivity (Wildman–Crippen MR) is 56.5 cm³/mol. The molecule has 0 saturated heterocycles. The van der Waals surface area contributed by atoms with Crippen LogP contribution in [0.2, 0.25) is 5.02 Å². The summed E-state index contributed by atoms with van der Waals surface area (Å²) in [5.41, 5.74) is 0. The minimum Gasteiger partial charge on any atom is -0.489 e. The average molecular weight is 234 g/mol. The van der Waals surface area contributed by atoms with Gasteiger partial charge in [0.2, 0.25) is 6.43 Å². The van der Waals surface area contributed by atoms with E-state index in [0.29, 0.717) is 10.8 Å². The lowest BCUT2D eigenvalue weighted by atomic mass is 10.2. The molecule has 0 aliphatic carbocycles. The zero-order chi connectivity index (χ0) is 11.3. The number of alkyl halides is 2. The third-order valence-corrected chi connectivity index (χ3v) is 2.11. The third-order valence-electron chi connectivity index (χ3n) is 1.80. The van der Waals surface area contributed by atoms with Gasteiger partial charge in [-0.05, 0) is 19.1 Å². The standard InChI is InChI=1S/C11H12ClF2O/c1-8(6-7-11(13)14)15-10-5-3-2-4-9(10)12/h2-6,8,11H,7H2,1H3. The van der Waals surface area contributed by atoms with Crippen LogP contribution in [0.15, 0.2) is 24.3 Å². The Labute approximate surface area is 93.0 Å². The lowest BCUT2D eigenvalue weighted by Gasteiger charge is -2.14. The van der Waals surface area contributed by atoms with Gasteiger partial charge in [0.1, 0.15) is 5.75 Å². The summed E-state index contributed by atoms with van der Waals surface area (Å²) in [5.74, 6) is 0.511. The molecule has 0 aromatic heterocycles. The molecule has 4 heteroatoms. The highest BCUT2D eigenvalue weighted by atomic mass is 35.5. The number of hydrogen-bond donors (Lipinski definition) is 0. The molecule has 1 rings (SSSR count). The highest BCUT2D eigenvalue weighted by Gasteiger charge is 2.10. The topological polar surface area (TPSA) is 9.23 Å². The van der Waals surface area contributed by atoms with Crippen molar-refractivity contribution in [3.63, 3.8) is 0 Å². The van der Waals surface area contributed by atoms with Gasteiger partial charge in [0.15, 0.2) is 0 Å². The minimum atomic E-state index is -2.33. The van der Waals surface area contributed by atoms with E-state index in [0.717, 1.165) is 0 Å². The van der Waals surface area contributed by atoms with Crippen LogP contribution in [0.5, 0.6) is 5.75 Å². The van der Waals surface area contributed by atoms with E-state index < -0.39 is 6.43 Å².